The summed E-state index contributed by atoms with van der Waals surface area (Å²) < 4.78 is 5.29. The molecule has 0 radical (unpaired) electrons. The predicted octanol–water partition coefficient (Wildman–Crippen LogP) is 3.80. The van der Waals surface area contributed by atoms with E-state index in [1.807, 2.05) is 32.0 Å². The van der Waals surface area contributed by atoms with Crippen molar-refractivity contribution in [3.63, 3.8) is 0 Å². The minimum atomic E-state index is -0.220. The van der Waals surface area contributed by atoms with E-state index < -0.39 is 0 Å². The highest BCUT2D eigenvalue weighted by Crippen LogP contribution is 2.27. The second kappa shape index (κ2) is 8.15. The van der Waals surface area contributed by atoms with Crippen molar-refractivity contribution in [2.24, 2.45) is 0 Å². The van der Waals surface area contributed by atoms with E-state index in [1.165, 1.54) is 7.11 Å². The molecule has 0 bridgehead atoms. The molecule has 2 rings (SSSR count). The average molecular weight is 326 g/mol. The minimum absolute atomic E-state index is 0.100. The van der Waals surface area contributed by atoms with Crippen LogP contribution in [-0.4, -0.2) is 36.9 Å². The summed E-state index contributed by atoms with van der Waals surface area (Å²) in [5.74, 6) is 0.414. The zero-order valence-corrected chi connectivity index (χ0v) is 14.2. The Morgan fingerprint density at radius 1 is 1.00 bits per heavy atom. The van der Waals surface area contributed by atoms with Gasteiger partial charge >= 0.3 is 6.03 Å². The molecule has 0 fully saturated rings. The Balaban J connectivity index is 2.31. The first-order valence-corrected chi connectivity index (χ1v) is 7.94. The fraction of sp³-hybridized carbons (Fsp3) is 0.263. The molecule has 24 heavy (non-hydrogen) atoms. The number of hydrogen-bond donors (Lipinski definition) is 1. The molecule has 1 N–H and O–H groups in total. The van der Waals surface area contributed by atoms with Crippen LogP contribution in [-0.2, 0) is 0 Å². The Morgan fingerprint density at radius 2 is 1.67 bits per heavy atom. The first kappa shape index (κ1) is 17.5. The quantitative estimate of drug-likeness (QED) is 0.821. The van der Waals surface area contributed by atoms with E-state index in [0.717, 1.165) is 0 Å². The second-order valence-corrected chi connectivity index (χ2v) is 5.21. The van der Waals surface area contributed by atoms with Gasteiger partial charge in [0, 0.05) is 24.2 Å². The number of carbonyl (C=O) groups excluding carboxylic acids is 2. The predicted molar refractivity (Wildman–Crippen MR) is 94.8 cm³/mol. The van der Waals surface area contributed by atoms with Crippen LogP contribution in [0.5, 0.6) is 5.75 Å². The number of ether oxygens (including phenoxy) is 1. The van der Waals surface area contributed by atoms with Crippen LogP contribution >= 0.6 is 0 Å². The normalized spacial score (nSPS) is 10.1. The molecule has 0 saturated carbocycles. The Bertz CT molecular complexity index is 710. The van der Waals surface area contributed by atoms with Crippen LogP contribution in [0.2, 0.25) is 0 Å². The lowest BCUT2D eigenvalue weighted by molar-refractivity contribution is 0.103. The fourth-order valence-electron chi connectivity index (χ4n) is 2.41. The topological polar surface area (TPSA) is 58.6 Å². The van der Waals surface area contributed by atoms with Crippen LogP contribution in [0.3, 0.4) is 0 Å². The summed E-state index contributed by atoms with van der Waals surface area (Å²) in [7, 11) is 1.53. The molecule has 126 valence electrons. The van der Waals surface area contributed by atoms with Crippen molar-refractivity contribution >= 4 is 17.5 Å². The van der Waals surface area contributed by atoms with Gasteiger partial charge in [0.05, 0.1) is 12.8 Å². The van der Waals surface area contributed by atoms with Crippen molar-refractivity contribution in [3.8, 4) is 5.75 Å². The SMILES string of the molecule is CCN(CC)C(=O)Nc1cc(C(=O)c2ccccc2)ccc1OC. The molecule has 2 aromatic carbocycles. The molecule has 5 nitrogen and oxygen atoms in total. The lowest BCUT2D eigenvalue weighted by Crippen LogP contribution is -2.34. The lowest BCUT2D eigenvalue weighted by Gasteiger charge is -2.20. The second-order valence-electron chi connectivity index (χ2n) is 5.21. The molecule has 0 spiro atoms. The smallest absolute Gasteiger partial charge is 0.321 e. The van der Waals surface area contributed by atoms with E-state index in [-0.39, 0.29) is 11.8 Å². The number of nitrogens with zero attached hydrogens (tertiary/aromatic N) is 1. The molecule has 0 atom stereocenters. The molecule has 0 aliphatic carbocycles. The van der Waals surface area contributed by atoms with Crippen LogP contribution in [0.15, 0.2) is 48.5 Å². The third-order valence-corrected chi connectivity index (χ3v) is 3.79. The number of hydrogen-bond acceptors (Lipinski definition) is 3. The van der Waals surface area contributed by atoms with Gasteiger partial charge in [0.1, 0.15) is 5.75 Å². The number of methoxy groups -OCH3 is 1. The standard InChI is InChI=1S/C19H22N2O3/c1-4-21(5-2)19(23)20-16-13-15(11-12-17(16)24-3)18(22)14-9-7-6-8-10-14/h6-13H,4-5H2,1-3H3,(H,20,23). The van der Waals surface area contributed by atoms with E-state index in [4.69, 9.17) is 4.74 Å². The van der Waals surface area contributed by atoms with E-state index in [1.54, 1.807) is 35.2 Å². The maximum Gasteiger partial charge on any atom is 0.321 e. The van der Waals surface area contributed by atoms with Gasteiger partial charge in [0.15, 0.2) is 5.78 Å². The summed E-state index contributed by atoms with van der Waals surface area (Å²) in [6, 6.07) is 13.8. The van der Waals surface area contributed by atoms with Gasteiger partial charge in [-0.05, 0) is 32.0 Å². The number of rotatable bonds is 6. The fourth-order valence-corrected chi connectivity index (χ4v) is 2.41. The van der Waals surface area contributed by atoms with Crippen LogP contribution in [0.4, 0.5) is 10.5 Å². The molecular weight excluding hydrogens is 304 g/mol. The number of ketones is 1. The highest BCUT2D eigenvalue weighted by atomic mass is 16.5. The van der Waals surface area contributed by atoms with Crippen molar-refractivity contribution in [3.05, 3.63) is 59.7 Å². The molecule has 0 aliphatic heterocycles. The molecule has 2 aromatic rings. The third kappa shape index (κ3) is 3.93. The molecule has 0 aliphatic rings. The summed E-state index contributed by atoms with van der Waals surface area (Å²) in [5, 5.41) is 2.82. The van der Waals surface area contributed by atoms with Gasteiger partial charge in [0.25, 0.3) is 0 Å². The Kier molecular flexibility index (Phi) is 5.95. The number of benzene rings is 2. The Morgan fingerprint density at radius 3 is 2.25 bits per heavy atom. The van der Waals surface area contributed by atoms with Gasteiger partial charge in [-0.3, -0.25) is 4.79 Å². The molecule has 5 heteroatoms. The molecule has 0 saturated heterocycles. The molecule has 2 amide bonds. The van der Waals surface area contributed by atoms with E-state index in [9.17, 15) is 9.59 Å². The number of urea groups is 1. The van der Waals surface area contributed by atoms with Gasteiger partial charge in [-0.25, -0.2) is 4.79 Å². The zero-order chi connectivity index (χ0) is 17.5. The van der Waals surface area contributed by atoms with E-state index in [2.05, 4.69) is 5.32 Å². The Labute approximate surface area is 142 Å². The van der Waals surface area contributed by atoms with E-state index in [0.29, 0.717) is 35.7 Å². The van der Waals surface area contributed by atoms with Crippen molar-refractivity contribution < 1.29 is 14.3 Å². The third-order valence-electron chi connectivity index (χ3n) is 3.79. The van der Waals surface area contributed by atoms with Crippen molar-refractivity contribution in [1.82, 2.24) is 4.90 Å². The number of anilines is 1. The van der Waals surface area contributed by atoms with E-state index >= 15 is 0 Å². The van der Waals surface area contributed by atoms with Crippen molar-refractivity contribution in [2.45, 2.75) is 13.8 Å². The number of nitrogens with one attached hydrogen (secondary N) is 1. The van der Waals surface area contributed by atoms with Gasteiger partial charge in [-0.15, -0.1) is 0 Å². The largest absolute Gasteiger partial charge is 0.495 e. The van der Waals surface area contributed by atoms with Gasteiger partial charge < -0.3 is 15.0 Å². The molecule has 0 heterocycles. The molecule has 0 unspecified atom stereocenters. The van der Waals surface area contributed by atoms with Gasteiger partial charge in [-0.1, -0.05) is 30.3 Å². The van der Waals surface area contributed by atoms with Crippen LogP contribution in [0.25, 0.3) is 0 Å². The molecule has 0 aromatic heterocycles. The summed E-state index contributed by atoms with van der Waals surface area (Å²) in [4.78, 5) is 26.5. The number of carbonyl (C=O) groups is 2. The van der Waals surface area contributed by atoms with Gasteiger partial charge in [-0.2, -0.15) is 0 Å². The summed E-state index contributed by atoms with van der Waals surface area (Å²) in [6.07, 6.45) is 0. The van der Waals surface area contributed by atoms with Crippen LogP contribution < -0.4 is 10.1 Å². The summed E-state index contributed by atoms with van der Waals surface area (Å²) in [6.45, 7) is 5.03. The average Bonchev–Trinajstić information content (AvgIpc) is 2.62. The van der Waals surface area contributed by atoms with Crippen molar-refractivity contribution in [2.75, 3.05) is 25.5 Å². The maximum absolute atomic E-state index is 12.6. The van der Waals surface area contributed by atoms with Gasteiger partial charge in [0.2, 0.25) is 0 Å². The monoisotopic (exact) mass is 326 g/mol. The molecular formula is C19H22N2O3. The zero-order valence-electron chi connectivity index (χ0n) is 14.2. The minimum Gasteiger partial charge on any atom is -0.495 e. The first-order chi connectivity index (χ1) is 11.6. The number of amides is 2. The summed E-state index contributed by atoms with van der Waals surface area (Å²) in [5.41, 5.74) is 1.58. The highest BCUT2D eigenvalue weighted by molar-refractivity contribution is 6.10. The maximum atomic E-state index is 12.6. The van der Waals surface area contributed by atoms with Crippen LogP contribution in [0, 0.1) is 0 Å². The van der Waals surface area contributed by atoms with Crippen LogP contribution in [0.1, 0.15) is 29.8 Å². The van der Waals surface area contributed by atoms with Crippen molar-refractivity contribution in [1.29, 1.82) is 0 Å². The highest BCUT2D eigenvalue weighted by Gasteiger charge is 2.16. The first-order valence-electron chi connectivity index (χ1n) is 7.94. The Hall–Kier alpha value is -2.82. The lowest BCUT2D eigenvalue weighted by atomic mass is 10.0. The summed E-state index contributed by atoms with van der Waals surface area (Å²) >= 11 is 0.